The number of ether oxygens (including phenoxy) is 1. The number of non-ortho nitro benzene ring substituents is 1. The molecule has 0 unspecified atom stereocenters. The Morgan fingerprint density at radius 1 is 1.53 bits per heavy atom. The van der Waals surface area contributed by atoms with Crippen molar-refractivity contribution in [2.45, 2.75) is 26.6 Å². The van der Waals surface area contributed by atoms with E-state index in [0.29, 0.717) is 23.3 Å². The van der Waals surface area contributed by atoms with E-state index in [2.05, 4.69) is 0 Å². The third kappa shape index (κ3) is 2.01. The monoisotopic (exact) mass is 235 g/mol. The smallest absolute Gasteiger partial charge is 0.270 e. The molecule has 5 heteroatoms. The standard InChI is InChI=1S/C12H13NO4/c1-3-8-5-9-6-10(13(15)16)4-7(2)11(9)17-12(8)14/h4-6,12,14H,3H2,1-2H3/t12-/m0/s1. The molecular weight excluding hydrogens is 222 g/mol. The van der Waals surface area contributed by atoms with Gasteiger partial charge >= 0.3 is 0 Å². The third-order valence-electron chi connectivity index (χ3n) is 2.79. The molecule has 1 aromatic rings. The minimum Gasteiger partial charge on any atom is -0.460 e. The first-order valence-electron chi connectivity index (χ1n) is 5.37. The van der Waals surface area contributed by atoms with Gasteiger partial charge in [-0.2, -0.15) is 0 Å². The summed E-state index contributed by atoms with van der Waals surface area (Å²) in [6, 6.07) is 2.90. The molecule has 0 radical (unpaired) electrons. The predicted molar refractivity (Wildman–Crippen MR) is 62.7 cm³/mol. The topological polar surface area (TPSA) is 72.6 Å². The van der Waals surface area contributed by atoms with Gasteiger partial charge in [0.1, 0.15) is 5.75 Å². The van der Waals surface area contributed by atoms with Crippen LogP contribution in [-0.4, -0.2) is 16.3 Å². The largest absolute Gasteiger partial charge is 0.460 e. The van der Waals surface area contributed by atoms with Crippen LogP contribution in [0.1, 0.15) is 24.5 Å². The Balaban J connectivity index is 2.57. The first kappa shape index (κ1) is 11.6. The summed E-state index contributed by atoms with van der Waals surface area (Å²) in [6.45, 7) is 3.62. The molecule has 0 aliphatic carbocycles. The lowest BCUT2D eigenvalue weighted by molar-refractivity contribution is -0.385. The Hall–Kier alpha value is -1.88. The second-order valence-corrected chi connectivity index (χ2v) is 3.98. The zero-order valence-corrected chi connectivity index (χ0v) is 9.64. The molecule has 0 bridgehead atoms. The lowest BCUT2D eigenvalue weighted by atomic mass is 10.0. The highest BCUT2D eigenvalue weighted by molar-refractivity contribution is 5.67. The Morgan fingerprint density at radius 2 is 2.24 bits per heavy atom. The van der Waals surface area contributed by atoms with E-state index in [0.717, 1.165) is 5.57 Å². The fourth-order valence-corrected chi connectivity index (χ4v) is 1.89. The zero-order chi connectivity index (χ0) is 12.6. The number of aliphatic hydroxyl groups excluding tert-OH is 1. The second kappa shape index (κ2) is 4.18. The van der Waals surface area contributed by atoms with Gasteiger partial charge in [-0.3, -0.25) is 10.1 Å². The van der Waals surface area contributed by atoms with Crippen molar-refractivity contribution in [3.8, 4) is 5.75 Å². The van der Waals surface area contributed by atoms with Crippen molar-refractivity contribution >= 4 is 11.8 Å². The number of nitro benzene ring substituents is 1. The van der Waals surface area contributed by atoms with Crippen LogP contribution in [0.15, 0.2) is 17.7 Å². The van der Waals surface area contributed by atoms with Gasteiger partial charge in [0.25, 0.3) is 5.69 Å². The molecule has 0 fully saturated rings. The van der Waals surface area contributed by atoms with Gasteiger partial charge in [0.15, 0.2) is 0 Å². The van der Waals surface area contributed by atoms with E-state index in [1.807, 2.05) is 6.92 Å². The van der Waals surface area contributed by atoms with Gasteiger partial charge in [-0.15, -0.1) is 0 Å². The molecule has 0 saturated heterocycles. The molecule has 17 heavy (non-hydrogen) atoms. The normalized spacial score (nSPS) is 18.1. The number of benzene rings is 1. The van der Waals surface area contributed by atoms with Gasteiger partial charge in [0.2, 0.25) is 6.29 Å². The maximum atomic E-state index is 10.7. The number of aryl methyl sites for hydroxylation is 1. The summed E-state index contributed by atoms with van der Waals surface area (Å²) in [6.07, 6.45) is 1.44. The van der Waals surface area contributed by atoms with Gasteiger partial charge < -0.3 is 9.84 Å². The van der Waals surface area contributed by atoms with E-state index < -0.39 is 11.2 Å². The van der Waals surface area contributed by atoms with E-state index in [-0.39, 0.29) is 5.69 Å². The van der Waals surface area contributed by atoms with Gasteiger partial charge in [-0.25, -0.2) is 0 Å². The van der Waals surface area contributed by atoms with E-state index in [1.54, 1.807) is 13.0 Å². The van der Waals surface area contributed by atoms with E-state index >= 15 is 0 Å². The summed E-state index contributed by atoms with van der Waals surface area (Å²) in [5.41, 5.74) is 2.06. The minimum atomic E-state index is -0.951. The van der Waals surface area contributed by atoms with Gasteiger partial charge in [0.05, 0.1) is 4.92 Å². The van der Waals surface area contributed by atoms with Crippen molar-refractivity contribution in [2.24, 2.45) is 0 Å². The van der Waals surface area contributed by atoms with Gasteiger partial charge in [-0.1, -0.05) is 6.92 Å². The molecule has 0 saturated carbocycles. The Labute approximate surface area is 98.5 Å². The summed E-state index contributed by atoms with van der Waals surface area (Å²) in [5.74, 6) is 0.514. The Morgan fingerprint density at radius 3 is 2.82 bits per heavy atom. The number of aliphatic hydroxyl groups is 1. The van der Waals surface area contributed by atoms with Crippen LogP contribution in [-0.2, 0) is 0 Å². The molecule has 90 valence electrons. The molecule has 2 rings (SSSR count). The molecule has 1 aliphatic rings. The molecule has 1 heterocycles. The first-order valence-corrected chi connectivity index (χ1v) is 5.37. The number of fused-ring (bicyclic) bond motifs is 1. The van der Waals surface area contributed by atoms with E-state index in [4.69, 9.17) is 4.74 Å². The molecule has 0 aromatic heterocycles. The highest BCUT2D eigenvalue weighted by atomic mass is 16.6. The van der Waals surface area contributed by atoms with Crippen LogP contribution in [0.4, 0.5) is 5.69 Å². The second-order valence-electron chi connectivity index (χ2n) is 3.98. The molecular formula is C12H13NO4. The van der Waals surface area contributed by atoms with Crippen LogP contribution in [0, 0.1) is 17.0 Å². The van der Waals surface area contributed by atoms with Crippen molar-refractivity contribution in [2.75, 3.05) is 0 Å². The molecule has 0 amide bonds. The number of rotatable bonds is 2. The number of hydrogen-bond donors (Lipinski definition) is 1. The highest BCUT2D eigenvalue weighted by Gasteiger charge is 2.23. The summed E-state index contributed by atoms with van der Waals surface area (Å²) < 4.78 is 5.37. The first-order chi connectivity index (χ1) is 8.02. The van der Waals surface area contributed by atoms with Crippen LogP contribution < -0.4 is 4.74 Å². The Bertz CT molecular complexity index is 507. The van der Waals surface area contributed by atoms with Crippen LogP contribution in [0.5, 0.6) is 5.75 Å². The number of hydrogen-bond acceptors (Lipinski definition) is 4. The highest BCUT2D eigenvalue weighted by Crippen LogP contribution is 2.35. The van der Waals surface area contributed by atoms with Crippen molar-refractivity contribution in [3.63, 3.8) is 0 Å². The lowest BCUT2D eigenvalue weighted by Crippen LogP contribution is -2.22. The molecule has 1 atom stereocenters. The Kier molecular flexibility index (Phi) is 2.85. The summed E-state index contributed by atoms with van der Waals surface area (Å²) in [4.78, 5) is 10.3. The average molecular weight is 235 g/mol. The molecule has 0 spiro atoms. The fourth-order valence-electron chi connectivity index (χ4n) is 1.89. The molecule has 1 aromatic carbocycles. The van der Waals surface area contributed by atoms with Crippen molar-refractivity contribution in [1.29, 1.82) is 0 Å². The van der Waals surface area contributed by atoms with Crippen LogP contribution >= 0.6 is 0 Å². The maximum absolute atomic E-state index is 10.7. The van der Waals surface area contributed by atoms with Crippen molar-refractivity contribution in [1.82, 2.24) is 0 Å². The van der Waals surface area contributed by atoms with Crippen molar-refractivity contribution in [3.05, 3.63) is 38.9 Å². The van der Waals surface area contributed by atoms with Crippen molar-refractivity contribution < 1.29 is 14.8 Å². The summed E-state index contributed by atoms with van der Waals surface area (Å²) >= 11 is 0. The number of nitrogens with zero attached hydrogens (tertiary/aromatic N) is 1. The van der Waals surface area contributed by atoms with Crippen LogP contribution in [0.3, 0.4) is 0 Å². The lowest BCUT2D eigenvalue weighted by Gasteiger charge is -2.23. The zero-order valence-electron chi connectivity index (χ0n) is 9.64. The van der Waals surface area contributed by atoms with E-state index in [9.17, 15) is 15.2 Å². The third-order valence-corrected chi connectivity index (χ3v) is 2.79. The summed E-state index contributed by atoms with van der Waals surface area (Å²) in [5, 5.41) is 20.4. The molecule has 1 N–H and O–H groups in total. The average Bonchev–Trinajstić information content (AvgIpc) is 2.29. The number of nitro groups is 1. The maximum Gasteiger partial charge on any atom is 0.270 e. The molecule has 5 nitrogen and oxygen atoms in total. The predicted octanol–water partition coefficient (Wildman–Crippen LogP) is 2.41. The van der Waals surface area contributed by atoms with E-state index in [1.165, 1.54) is 12.1 Å². The quantitative estimate of drug-likeness (QED) is 0.631. The van der Waals surface area contributed by atoms with Gasteiger partial charge in [0, 0.05) is 17.7 Å². The van der Waals surface area contributed by atoms with Crippen LogP contribution in [0.25, 0.3) is 6.08 Å². The fraction of sp³-hybridized carbons (Fsp3) is 0.333. The minimum absolute atomic E-state index is 0.0351. The SMILES string of the molecule is CCC1=Cc2cc([N+](=O)[O-])cc(C)c2O[C@@H]1O. The van der Waals surface area contributed by atoms with Gasteiger partial charge in [-0.05, 0) is 30.6 Å². The van der Waals surface area contributed by atoms with Crippen LogP contribution in [0.2, 0.25) is 0 Å². The molecule has 1 aliphatic heterocycles. The summed E-state index contributed by atoms with van der Waals surface area (Å²) in [7, 11) is 0.